The zero-order valence-corrected chi connectivity index (χ0v) is 15.8. The highest BCUT2D eigenvalue weighted by Crippen LogP contribution is 2.35. The highest BCUT2D eigenvalue weighted by molar-refractivity contribution is 7.89. The maximum absolute atomic E-state index is 11.7. The fourth-order valence-electron chi connectivity index (χ4n) is 3.18. The van der Waals surface area contributed by atoms with E-state index in [0.717, 1.165) is 11.1 Å². The second-order valence-electron chi connectivity index (χ2n) is 6.17. The third kappa shape index (κ3) is 3.03. The predicted molar refractivity (Wildman–Crippen MR) is 103 cm³/mol. The number of primary sulfonamides is 1. The fraction of sp³-hybridized carbons (Fsp3) is 0.250. The molecule has 0 spiro atoms. The van der Waals surface area contributed by atoms with Gasteiger partial charge in [0.1, 0.15) is 5.82 Å². The first-order chi connectivity index (χ1) is 12.3. The molecule has 0 saturated carbocycles. The van der Waals surface area contributed by atoms with Crippen LogP contribution in [0.1, 0.15) is 6.42 Å². The molecule has 0 bridgehead atoms. The van der Waals surface area contributed by atoms with Crippen LogP contribution >= 0.6 is 23.2 Å². The molecule has 1 saturated heterocycles. The van der Waals surface area contributed by atoms with Crippen LogP contribution in [-0.2, 0) is 10.0 Å². The van der Waals surface area contributed by atoms with E-state index in [2.05, 4.69) is 9.97 Å². The molecule has 1 aliphatic rings. The van der Waals surface area contributed by atoms with E-state index in [0.29, 0.717) is 40.9 Å². The van der Waals surface area contributed by atoms with Gasteiger partial charge in [-0.05, 0) is 18.6 Å². The average Bonchev–Trinajstić information content (AvgIpc) is 3.28. The number of hydrogen-bond donors (Lipinski definition) is 1. The van der Waals surface area contributed by atoms with E-state index in [1.165, 1.54) is 0 Å². The van der Waals surface area contributed by atoms with Crippen LogP contribution in [-0.4, -0.2) is 41.3 Å². The summed E-state index contributed by atoms with van der Waals surface area (Å²) in [6.07, 6.45) is 5.63. The number of aromatic nitrogens is 3. The number of benzene rings is 1. The molecule has 0 aliphatic carbocycles. The minimum absolute atomic E-state index is 0.291. The van der Waals surface area contributed by atoms with E-state index in [1.54, 1.807) is 18.6 Å². The Morgan fingerprint density at radius 2 is 2.08 bits per heavy atom. The molecular weight excluding hydrogens is 397 g/mol. The topological polar surface area (TPSA) is 94.1 Å². The van der Waals surface area contributed by atoms with Crippen molar-refractivity contribution >= 4 is 49.9 Å². The molecule has 1 aliphatic heterocycles. The molecule has 10 heteroatoms. The van der Waals surface area contributed by atoms with Gasteiger partial charge in [-0.3, -0.25) is 0 Å². The van der Waals surface area contributed by atoms with Crippen LogP contribution < -0.4 is 10.0 Å². The van der Waals surface area contributed by atoms with Crippen molar-refractivity contribution in [3.8, 4) is 5.69 Å². The third-order valence-electron chi connectivity index (χ3n) is 4.55. The van der Waals surface area contributed by atoms with Crippen molar-refractivity contribution in [1.29, 1.82) is 0 Å². The Kier molecular flexibility index (Phi) is 4.31. The largest absolute Gasteiger partial charge is 0.355 e. The standard InChI is InChI=1S/C16H15Cl2N5O2S/c17-12-2-1-11-13(23-6-4-20-9-23)7-14(21-16(11)15(12)18)22-5-3-10(8-22)26(19,24)25/h1-2,4,6-7,9-10H,3,5,8H2,(H2,19,24,25). The number of halogens is 2. The number of hydrogen-bond acceptors (Lipinski definition) is 5. The summed E-state index contributed by atoms with van der Waals surface area (Å²) in [6.45, 7) is 0.833. The second-order valence-corrected chi connectivity index (χ2v) is 8.80. The van der Waals surface area contributed by atoms with E-state index < -0.39 is 15.3 Å². The number of fused-ring (bicyclic) bond motifs is 1. The molecule has 4 rings (SSSR count). The summed E-state index contributed by atoms with van der Waals surface area (Å²) in [5, 5.41) is 6.28. The van der Waals surface area contributed by atoms with E-state index in [1.807, 2.05) is 27.8 Å². The van der Waals surface area contributed by atoms with Gasteiger partial charge >= 0.3 is 0 Å². The van der Waals surface area contributed by atoms with Gasteiger partial charge < -0.3 is 9.47 Å². The van der Waals surface area contributed by atoms with Gasteiger partial charge in [0.05, 0.1) is 32.8 Å². The van der Waals surface area contributed by atoms with E-state index in [-0.39, 0.29) is 0 Å². The molecule has 136 valence electrons. The van der Waals surface area contributed by atoms with Crippen molar-refractivity contribution in [3.63, 3.8) is 0 Å². The van der Waals surface area contributed by atoms with Crippen molar-refractivity contribution in [3.05, 3.63) is 47.0 Å². The first-order valence-corrected chi connectivity index (χ1v) is 10.2. The van der Waals surface area contributed by atoms with Crippen LogP contribution in [0.3, 0.4) is 0 Å². The predicted octanol–water partition coefficient (Wildman–Crippen LogP) is 2.59. The molecule has 3 aromatic rings. The molecule has 1 atom stereocenters. The van der Waals surface area contributed by atoms with E-state index in [4.69, 9.17) is 28.3 Å². The van der Waals surface area contributed by atoms with E-state index >= 15 is 0 Å². The van der Waals surface area contributed by atoms with Crippen LogP contribution in [0, 0.1) is 0 Å². The first kappa shape index (κ1) is 17.5. The van der Waals surface area contributed by atoms with Gasteiger partial charge in [-0.1, -0.05) is 23.2 Å². The van der Waals surface area contributed by atoms with Crippen molar-refractivity contribution in [2.24, 2.45) is 5.14 Å². The van der Waals surface area contributed by atoms with Gasteiger partial charge in [0, 0.05) is 36.9 Å². The van der Waals surface area contributed by atoms with Crippen molar-refractivity contribution in [2.45, 2.75) is 11.7 Å². The third-order valence-corrected chi connectivity index (χ3v) is 6.66. The molecule has 1 unspecified atom stereocenters. The molecule has 1 fully saturated rings. The lowest BCUT2D eigenvalue weighted by atomic mass is 10.1. The van der Waals surface area contributed by atoms with Crippen LogP contribution in [0.25, 0.3) is 16.6 Å². The summed E-state index contributed by atoms with van der Waals surface area (Å²) in [4.78, 5) is 10.6. The monoisotopic (exact) mass is 411 g/mol. The van der Waals surface area contributed by atoms with Gasteiger partial charge in [0.15, 0.2) is 0 Å². The highest BCUT2D eigenvalue weighted by Gasteiger charge is 2.31. The summed E-state index contributed by atoms with van der Waals surface area (Å²) in [5.74, 6) is 0.622. The minimum Gasteiger partial charge on any atom is -0.355 e. The van der Waals surface area contributed by atoms with Gasteiger partial charge in [-0.2, -0.15) is 0 Å². The maximum atomic E-state index is 11.7. The van der Waals surface area contributed by atoms with Crippen LogP contribution in [0.15, 0.2) is 36.9 Å². The zero-order valence-electron chi connectivity index (χ0n) is 13.5. The molecular formula is C16H15Cl2N5O2S. The summed E-state index contributed by atoms with van der Waals surface area (Å²) in [7, 11) is -3.59. The number of nitrogens with zero attached hydrogens (tertiary/aromatic N) is 4. The summed E-state index contributed by atoms with van der Waals surface area (Å²) in [6, 6.07) is 5.47. The molecule has 0 radical (unpaired) electrons. The Hall–Kier alpha value is -1.87. The molecule has 3 heterocycles. The molecule has 26 heavy (non-hydrogen) atoms. The number of imidazole rings is 1. The minimum atomic E-state index is -3.59. The summed E-state index contributed by atoms with van der Waals surface area (Å²) < 4.78 is 25.2. The normalized spacial score (nSPS) is 18.0. The molecule has 2 N–H and O–H groups in total. The van der Waals surface area contributed by atoms with Gasteiger partial charge in [-0.25, -0.2) is 23.5 Å². The van der Waals surface area contributed by atoms with Gasteiger partial charge in [0.25, 0.3) is 0 Å². The Bertz CT molecular complexity index is 1090. The van der Waals surface area contributed by atoms with Crippen molar-refractivity contribution in [2.75, 3.05) is 18.0 Å². The van der Waals surface area contributed by atoms with Gasteiger partial charge in [0.2, 0.25) is 10.0 Å². The van der Waals surface area contributed by atoms with Crippen molar-refractivity contribution < 1.29 is 8.42 Å². The summed E-state index contributed by atoms with van der Waals surface area (Å²) >= 11 is 12.5. The van der Waals surface area contributed by atoms with Crippen LogP contribution in [0.5, 0.6) is 0 Å². The fourth-order valence-corrected chi connectivity index (χ4v) is 4.37. The molecule has 0 amide bonds. The number of pyridine rings is 1. The Morgan fingerprint density at radius 3 is 2.73 bits per heavy atom. The maximum Gasteiger partial charge on any atom is 0.213 e. The Morgan fingerprint density at radius 1 is 1.27 bits per heavy atom. The lowest BCUT2D eigenvalue weighted by molar-refractivity contribution is 0.585. The summed E-state index contributed by atoms with van der Waals surface area (Å²) in [5.41, 5.74) is 1.39. The molecule has 7 nitrogen and oxygen atoms in total. The van der Waals surface area contributed by atoms with Crippen LogP contribution in [0.2, 0.25) is 10.0 Å². The number of rotatable bonds is 3. The van der Waals surface area contributed by atoms with Crippen molar-refractivity contribution in [1.82, 2.24) is 14.5 Å². The quantitative estimate of drug-likeness (QED) is 0.714. The van der Waals surface area contributed by atoms with Crippen LogP contribution in [0.4, 0.5) is 5.82 Å². The molecule has 1 aromatic carbocycles. The lowest BCUT2D eigenvalue weighted by Crippen LogP contribution is -2.32. The lowest BCUT2D eigenvalue weighted by Gasteiger charge is -2.20. The van der Waals surface area contributed by atoms with Gasteiger partial charge in [-0.15, -0.1) is 0 Å². The zero-order chi connectivity index (χ0) is 18.5. The number of nitrogens with two attached hydrogens (primary N) is 1. The Balaban J connectivity index is 1.87. The molecule has 2 aromatic heterocycles. The average molecular weight is 412 g/mol. The number of sulfonamides is 1. The first-order valence-electron chi connectivity index (χ1n) is 7.88. The highest BCUT2D eigenvalue weighted by atomic mass is 35.5. The number of anilines is 1. The second kappa shape index (κ2) is 6.38. The smallest absolute Gasteiger partial charge is 0.213 e. The SMILES string of the molecule is NS(=O)(=O)C1CCN(c2cc(-n3ccnc3)c3ccc(Cl)c(Cl)c3n2)C1. The Labute approximate surface area is 160 Å². The van der Waals surface area contributed by atoms with E-state index in [9.17, 15) is 8.42 Å².